The molecule has 0 spiro atoms. The average Bonchev–Trinajstić information content (AvgIpc) is 2.50. The Kier molecular flexibility index (Phi) is 12.6. The van der Waals surface area contributed by atoms with E-state index >= 15 is 0 Å². The van der Waals surface area contributed by atoms with E-state index in [-0.39, 0.29) is 12.6 Å². The maximum atomic E-state index is 9.76. The first-order valence-electron chi connectivity index (χ1n) is 5.47. The quantitative estimate of drug-likeness (QED) is 0.200. The average molecular weight is 300 g/mol. The van der Waals surface area contributed by atoms with Crippen molar-refractivity contribution in [2.24, 2.45) is 0 Å². The molecular weight excluding hydrogens is 280 g/mol. The molecule has 6 atom stereocenters. The van der Waals surface area contributed by atoms with Crippen LogP contribution >= 0.6 is 0 Å². The van der Waals surface area contributed by atoms with E-state index in [4.69, 9.17) is 40.9 Å². The van der Waals surface area contributed by atoms with Crippen molar-refractivity contribution in [1.29, 1.82) is 0 Å². The van der Waals surface area contributed by atoms with E-state index < -0.39 is 49.8 Å². The Hall–Kier alpha value is -0.980. The highest BCUT2D eigenvalue weighted by molar-refractivity contribution is 5.57. The molecule has 0 saturated carbocycles. The first-order valence-corrected chi connectivity index (χ1v) is 5.47. The summed E-state index contributed by atoms with van der Waals surface area (Å²) in [5, 5.41) is 68.1. The van der Waals surface area contributed by atoms with E-state index in [9.17, 15) is 9.59 Å². The molecule has 0 unspecified atom stereocenters. The number of rotatable bonds is 8. The van der Waals surface area contributed by atoms with E-state index in [2.05, 4.69) is 0 Å². The highest BCUT2D eigenvalue weighted by atomic mass is 16.4. The minimum atomic E-state index is -1.64. The fourth-order valence-electron chi connectivity index (χ4n) is 0.832. The zero-order chi connectivity index (χ0) is 16.3. The largest absolute Gasteiger partial charge is 0.394 e. The van der Waals surface area contributed by atoms with Crippen molar-refractivity contribution >= 4 is 12.6 Å². The molecule has 0 rings (SSSR count). The number of aliphatic hydroxyl groups is 8. The highest BCUT2D eigenvalue weighted by Gasteiger charge is 2.23. The molecule has 10 nitrogen and oxygen atoms in total. The SMILES string of the molecule is O=C[C@@H](O)[C@@H](O)[C@@H](O)CO.O=C[C@H](O)[C@@H](O)[C@@H](O)CO. The van der Waals surface area contributed by atoms with Gasteiger partial charge in [-0.1, -0.05) is 0 Å². The molecule has 0 heterocycles. The van der Waals surface area contributed by atoms with Gasteiger partial charge < -0.3 is 50.4 Å². The van der Waals surface area contributed by atoms with Crippen molar-refractivity contribution in [3.8, 4) is 0 Å². The Morgan fingerprint density at radius 3 is 1.05 bits per heavy atom. The summed E-state index contributed by atoms with van der Waals surface area (Å²) in [7, 11) is 0. The number of aldehydes is 2. The first-order chi connectivity index (χ1) is 9.26. The molecule has 0 aliphatic heterocycles. The van der Waals surface area contributed by atoms with Crippen LogP contribution in [0.15, 0.2) is 0 Å². The van der Waals surface area contributed by atoms with Gasteiger partial charge in [0.05, 0.1) is 13.2 Å². The predicted octanol–water partition coefficient (Wildman–Crippen LogP) is -5.48. The second-order valence-corrected chi connectivity index (χ2v) is 3.73. The van der Waals surface area contributed by atoms with Crippen molar-refractivity contribution in [3.05, 3.63) is 0 Å². The minimum Gasteiger partial charge on any atom is -0.394 e. The van der Waals surface area contributed by atoms with Crippen molar-refractivity contribution in [3.63, 3.8) is 0 Å². The Bertz CT molecular complexity index is 234. The van der Waals surface area contributed by atoms with Crippen LogP contribution in [0.1, 0.15) is 0 Å². The lowest BCUT2D eigenvalue weighted by atomic mass is 10.1. The Morgan fingerprint density at radius 1 is 0.650 bits per heavy atom. The molecule has 0 bridgehead atoms. The molecule has 0 aliphatic rings. The van der Waals surface area contributed by atoms with Gasteiger partial charge in [-0.2, -0.15) is 0 Å². The Morgan fingerprint density at radius 2 is 0.900 bits per heavy atom. The lowest BCUT2D eigenvalue weighted by Crippen LogP contribution is -2.40. The predicted molar refractivity (Wildman–Crippen MR) is 62.3 cm³/mol. The van der Waals surface area contributed by atoms with Gasteiger partial charge in [-0.05, 0) is 0 Å². The normalized spacial score (nSPS) is 19.6. The fraction of sp³-hybridized carbons (Fsp3) is 0.800. The van der Waals surface area contributed by atoms with Gasteiger partial charge >= 0.3 is 0 Å². The minimum absolute atomic E-state index is 0.0869. The summed E-state index contributed by atoms with van der Waals surface area (Å²) < 4.78 is 0. The van der Waals surface area contributed by atoms with Crippen LogP contribution in [0.5, 0.6) is 0 Å². The molecule has 120 valence electrons. The highest BCUT2D eigenvalue weighted by Crippen LogP contribution is 1.97. The van der Waals surface area contributed by atoms with Gasteiger partial charge in [-0.25, -0.2) is 0 Å². The van der Waals surface area contributed by atoms with Crippen molar-refractivity contribution < 1.29 is 50.4 Å². The maximum absolute atomic E-state index is 9.76. The van der Waals surface area contributed by atoms with Gasteiger partial charge in [0.25, 0.3) is 0 Å². The fourth-order valence-corrected chi connectivity index (χ4v) is 0.832. The molecule has 0 radical (unpaired) electrons. The molecule has 0 aromatic rings. The number of aliphatic hydroxyl groups excluding tert-OH is 8. The number of hydrogen-bond acceptors (Lipinski definition) is 10. The monoisotopic (exact) mass is 300 g/mol. The van der Waals surface area contributed by atoms with Crippen LogP contribution in [0.4, 0.5) is 0 Å². The van der Waals surface area contributed by atoms with E-state index in [1.165, 1.54) is 0 Å². The second-order valence-electron chi connectivity index (χ2n) is 3.73. The molecule has 0 aliphatic carbocycles. The molecular formula is C10H20O10. The van der Waals surface area contributed by atoms with E-state index in [0.717, 1.165) is 0 Å². The molecule has 0 aromatic carbocycles. The third kappa shape index (κ3) is 8.24. The van der Waals surface area contributed by atoms with Crippen LogP contribution in [-0.2, 0) is 9.59 Å². The molecule has 0 fully saturated rings. The van der Waals surface area contributed by atoms with Crippen molar-refractivity contribution in [1.82, 2.24) is 0 Å². The second kappa shape index (κ2) is 11.8. The summed E-state index contributed by atoms with van der Waals surface area (Å²) in [5.74, 6) is 0. The summed E-state index contributed by atoms with van der Waals surface area (Å²) in [5.41, 5.74) is 0. The molecule has 8 N–H and O–H groups in total. The standard InChI is InChI=1S/2C5H10O5/c2*6-1-3(8)5(10)4(9)2-7/h2*1,3-5,7-10H,2H2/t3-,4+,5-;3-,4-,5+/m10/s1. The van der Waals surface area contributed by atoms with Crippen molar-refractivity contribution in [2.75, 3.05) is 13.2 Å². The summed E-state index contributed by atoms with van der Waals surface area (Å²) in [4.78, 5) is 19.5. The molecule has 20 heavy (non-hydrogen) atoms. The summed E-state index contributed by atoms with van der Waals surface area (Å²) in [6.45, 7) is -1.38. The summed E-state index contributed by atoms with van der Waals surface area (Å²) >= 11 is 0. The zero-order valence-electron chi connectivity index (χ0n) is 10.4. The third-order valence-corrected chi connectivity index (χ3v) is 2.14. The van der Waals surface area contributed by atoms with Crippen molar-refractivity contribution in [2.45, 2.75) is 36.6 Å². The number of hydrogen-bond donors (Lipinski definition) is 8. The van der Waals surface area contributed by atoms with Crippen LogP contribution in [0.3, 0.4) is 0 Å². The van der Waals surface area contributed by atoms with Gasteiger partial charge in [-0.15, -0.1) is 0 Å². The van der Waals surface area contributed by atoms with Crippen LogP contribution in [0, 0.1) is 0 Å². The van der Waals surface area contributed by atoms with Crippen LogP contribution in [-0.4, -0.2) is 103 Å². The van der Waals surface area contributed by atoms with E-state index in [1.54, 1.807) is 0 Å². The third-order valence-electron chi connectivity index (χ3n) is 2.14. The first kappa shape index (κ1) is 21.3. The molecule has 10 heteroatoms. The van der Waals surface area contributed by atoms with E-state index in [0.29, 0.717) is 0 Å². The molecule has 0 amide bonds. The zero-order valence-corrected chi connectivity index (χ0v) is 10.4. The van der Waals surface area contributed by atoms with Gasteiger partial charge in [0.1, 0.15) is 36.6 Å². The Labute approximate surface area is 114 Å². The lowest BCUT2D eigenvalue weighted by Gasteiger charge is -2.16. The van der Waals surface area contributed by atoms with Gasteiger partial charge in [0.2, 0.25) is 0 Å². The van der Waals surface area contributed by atoms with Gasteiger partial charge in [-0.3, -0.25) is 0 Å². The van der Waals surface area contributed by atoms with Gasteiger partial charge in [0.15, 0.2) is 12.6 Å². The van der Waals surface area contributed by atoms with E-state index in [1.807, 2.05) is 0 Å². The lowest BCUT2D eigenvalue weighted by molar-refractivity contribution is -0.128. The van der Waals surface area contributed by atoms with Gasteiger partial charge in [0, 0.05) is 0 Å². The number of carbonyl (C=O) groups is 2. The topological polar surface area (TPSA) is 196 Å². The van der Waals surface area contributed by atoms with Crippen LogP contribution < -0.4 is 0 Å². The smallest absolute Gasteiger partial charge is 0.151 e. The molecule has 0 saturated heterocycles. The van der Waals surface area contributed by atoms with Crippen LogP contribution in [0.2, 0.25) is 0 Å². The number of carbonyl (C=O) groups excluding carboxylic acids is 2. The maximum Gasteiger partial charge on any atom is 0.151 e. The molecule has 0 aromatic heterocycles. The summed E-state index contributed by atoms with van der Waals surface area (Å²) in [6, 6.07) is 0. The Balaban J connectivity index is 0. The summed E-state index contributed by atoms with van der Waals surface area (Å²) in [6.07, 6.45) is -9.26. The van der Waals surface area contributed by atoms with Crippen LogP contribution in [0.25, 0.3) is 0 Å².